The molecule has 0 bridgehead atoms. The second kappa shape index (κ2) is 4.13. The summed E-state index contributed by atoms with van der Waals surface area (Å²) >= 11 is 0. The summed E-state index contributed by atoms with van der Waals surface area (Å²) in [5.41, 5.74) is 1.41. The summed E-state index contributed by atoms with van der Waals surface area (Å²) in [6, 6.07) is 0. The molecule has 1 aliphatic heterocycles. The van der Waals surface area contributed by atoms with Gasteiger partial charge in [-0.15, -0.1) is 0 Å². The lowest BCUT2D eigenvalue weighted by Gasteiger charge is -2.40. The molecule has 0 radical (unpaired) electrons. The third-order valence-corrected chi connectivity index (χ3v) is 4.85. The van der Waals surface area contributed by atoms with Gasteiger partial charge < -0.3 is 9.84 Å². The van der Waals surface area contributed by atoms with E-state index in [-0.39, 0.29) is 36.4 Å². The van der Waals surface area contributed by atoms with Gasteiger partial charge in [-0.25, -0.2) is 0 Å². The molecule has 0 spiro atoms. The molecule has 3 heteroatoms. The third kappa shape index (κ3) is 1.63. The number of carbonyl (C=O) groups is 1. The number of hydrogen-bond donors (Lipinski definition) is 1. The van der Waals surface area contributed by atoms with Crippen LogP contribution in [0.5, 0.6) is 0 Å². The summed E-state index contributed by atoms with van der Waals surface area (Å²) in [5.74, 6) is 0.733. The Morgan fingerprint density at radius 2 is 2.29 bits per heavy atom. The van der Waals surface area contributed by atoms with Crippen LogP contribution in [0.4, 0.5) is 0 Å². The average Bonchev–Trinajstić information content (AvgIpc) is 2.62. The van der Waals surface area contributed by atoms with Crippen molar-refractivity contribution in [1.82, 2.24) is 0 Å². The normalized spacial score (nSPS) is 44.7. The fourth-order valence-electron chi connectivity index (χ4n) is 4.09. The molecule has 94 valence electrons. The summed E-state index contributed by atoms with van der Waals surface area (Å²) in [6.07, 6.45) is 6.87. The predicted molar refractivity (Wildman–Crippen MR) is 63.2 cm³/mol. The highest BCUT2D eigenvalue weighted by molar-refractivity contribution is 5.78. The summed E-state index contributed by atoms with van der Waals surface area (Å²) in [7, 11) is 0. The molecule has 0 amide bonds. The van der Waals surface area contributed by atoms with Gasteiger partial charge in [-0.2, -0.15) is 0 Å². The number of hydrogen-bond acceptors (Lipinski definition) is 3. The van der Waals surface area contributed by atoms with Gasteiger partial charge in [0.05, 0.1) is 5.92 Å². The number of cyclic esters (lactones) is 1. The lowest BCUT2D eigenvalue weighted by Crippen LogP contribution is -2.39. The Kier molecular flexibility index (Phi) is 2.74. The molecule has 1 saturated heterocycles. The first kappa shape index (κ1) is 11.3. The van der Waals surface area contributed by atoms with Crippen molar-refractivity contribution in [1.29, 1.82) is 0 Å². The summed E-state index contributed by atoms with van der Waals surface area (Å²) < 4.78 is 5.35. The van der Waals surface area contributed by atoms with E-state index in [1.165, 1.54) is 24.8 Å². The van der Waals surface area contributed by atoms with E-state index in [4.69, 9.17) is 4.74 Å². The number of allylic oxidation sites excluding steroid dienone is 1. The molecular weight excluding hydrogens is 216 g/mol. The highest BCUT2D eigenvalue weighted by Crippen LogP contribution is 2.49. The number of aliphatic hydroxyl groups excluding tert-OH is 1. The maximum atomic E-state index is 11.8. The highest BCUT2D eigenvalue weighted by atomic mass is 16.6. The number of rotatable bonds is 1. The maximum absolute atomic E-state index is 11.8. The lowest BCUT2D eigenvalue weighted by molar-refractivity contribution is -0.142. The van der Waals surface area contributed by atoms with Crippen molar-refractivity contribution in [2.45, 2.75) is 38.7 Å². The highest BCUT2D eigenvalue weighted by Gasteiger charge is 2.50. The van der Waals surface area contributed by atoms with Crippen LogP contribution < -0.4 is 0 Å². The monoisotopic (exact) mass is 236 g/mol. The molecule has 3 nitrogen and oxygen atoms in total. The molecule has 1 N–H and O–H groups in total. The van der Waals surface area contributed by atoms with Gasteiger partial charge in [0, 0.05) is 12.5 Å². The molecule has 3 rings (SSSR count). The predicted octanol–water partition coefficient (Wildman–Crippen LogP) is 1.90. The smallest absolute Gasteiger partial charge is 0.313 e. The van der Waals surface area contributed by atoms with Crippen LogP contribution in [-0.2, 0) is 9.53 Å². The van der Waals surface area contributed by atoms with E-state index >= 15 is 0 Å². The van der Waals surface area contributed by atoms with Gasteiger partial charge in [0.1, 0.15) is 6.10 Å². The Balaban J connectivity index is 1.98. The zero-order valence-corrected chi connectivity index (χ0v) is 10.3. The van der Waals surface area contributed by atoms with Crippen molar-refractivity contribution in [2.75, 3.05) is 6.61 Å². The number of carbonyl (C=O) groups excluding carboxylic acids is 1. The van der Waals surface area contributed by atoms with E-state index in [1.54, 1.807) is 0 Å². The lowest BCUT2D eigenvalue weighted by atomic mass is 9.63. The van der Waals surface area contributed by atoms with Gasteiger partial charge in [-0.3, -0.25) is 4.79 Å². The standard InChI is InChI=1S/C14H20O3/c1-8-13-11(14(16)17-8)6-9-4-2-3-5-10(9)12(13)7-15/h6,8,10-13,15H,2-5,7H2,1H3/t8-,10-,11-,12+,13-/m1/s1. The number of fused-ring (bicyclic) bond motifs is 2. The van der Waals surface area contributed by atoms with Crippen molar-refractivity contribution in [3.05, 3.63) is 11.6 Å². The van der Waals surface area contributed by atoms with Crippen molar-refractivity contribution >= 4 is 5.97 Å². The van der Waals surface area contributed by atoms with Crippen LogP contribution in [0.3, 0.4) is 0 Å². The van der Waals surface area contributed by atoms with Crippen LogP contribution in [0.25, 0.3) is 0 Å². The minimum atomic E-state index is -0.0912. The van der Waals surface area contributed by atoms with E-state index in [0.29, 0.717) is 5.92 Å². The maximum Gasteiger partial charge on any atom is 0.313 e. The number of esters is 1. The van der Waals surface area contributed by atoms with Gasteiger partial charge in [0.2, 0.25) is 0 Å². The van der Waals surface area contributed by atoms with E-state index in [9.17, 15) is 9.90 Å². The largest absolute Gasteiger partial charge is 0.462 e. The third-order valence-electron chi connectivity index (χ3n) is 4.85. The van der Waals surface area contributed by atoms with Crippen LogP contribution >= 0.6 is 0 Å². The summed E-state index contributed by atoms with van der Waals surface area (Å²) in [6.45, 7) is 2.15. The van der Waals surface area contributed by atoms with Gasteiger partial charge >= 0.3 is 5.97 Å². The van der Waals surface area contributed by atoms with Crippen molar-refractivity contribution in [3.8, 4) is 0 Å². The first-order valence-electron chi connectivity index (χ1n) is 6.74. The van der Waals surface area contributed by atoms with Gasteiger partial charge in [0.25, 0.3) is 0 Å². The molecular formula is C14H20O3. The van der Waals surface area contributed by atoms with Crippen molar-refractivity contribution < 1.29 is 14.6 Å². The van der Waals surface area contributed by atoms with Gasteiger partial charge in [0.15, 0.2) is 0 Å². The SMILES string of the molecule is C[C@H]1OC(=O)[C@@H]2C=C3CCCC[C@H]3[C@H](CO)[C@H]12. The Labute approximate surface area is 102 Å². The molecule has 1 saturated carbocycles. The van der Waals surface area contributed by atoms with Crippen molar-refractivity contribution in [2.24, 2.45) is 23.7 Å². The second-order valence-corrected chi connectivity index (χ2v) is 5.69. The molecule has 5 atom stereocenters. The molecule has 0 aromatic rings. The molecule has 3 aliphatic rings. The molecule has 0 unspecified atom stereocenters. The zero-order valence-electron chi connectivity index (χ0n) is 10.3. The van der Waals surface area contributed by atoms with E-state index in [0.717, 1.165) is 6.42 Å². The number of aliphatic hydroxyl groups is 1. The molecule has 2 aliphatic carbocycles. The molecule has 0 aromatic heterocycles. The Hall–Kier alpha value is -0.830. The number of ether oxygens (including phenoxy) is 1. The summed E-state index contributed by atoms with van der Waals surface area (Å²) in [4.78, 5) is 11.8. The molecule has 17 heavy (non-hydrogen) atoms. The van der Waals surface area contributed by atoms with E-state index < -0.39 is 0 Å². The fourth-order valence-corrected chi connectivity index (χ4v) is 4.09. The van der Waals surface area contributed by atoms with Crippen LogP contribution in [-0.4, -0.2) is 23.8 Å². The minimum absolute atomic E-state index is 0.0376. The van der Waals surface area contributed by atoms with Crippen LogP contribution in [0.2, 0.25) is 0 Å². The molecule has 0 aromatic carbocycles. The van der Waals surface area contributed by atoms with Crippen LogP contribution in [0, 0.1) is 23.7 Å². The second-order valence-electron chi connectivity index (χ2n) is 5.69. The molecule has 1 heterocycles. The van der Waals surface area contributed by atoms with Gasteiger partial charge in [-0.05, 0) is 38.0 Å². The topological polar surface area (TPSA) is 46.5 Å². The van der Waals surface area contributed by atoms with Crippen LogP contribution in [0.1, 0.15) is 32.6 Å². The van der Waals surface area contributed by atoms with Crippen LogP contribution in [0.15, 0.2) is 11.6 Å². The first-order valence-corrected chi connectivity index (χ1v) is 6.74. The minimum Gasteiger partial charge on any atom is -0.462 e. The summed E-state index contributed by atoms with van der Waals surface area (Å²) in [5, 5.41) is 9.69. The quantitative estimate of drug-likeness (QED) is 0.558. The first-order chi connectivity index (χ1) is 8.22. The van der Waals surface area contributed by atoms with E-state index in [2.05, 4.69) is 6.08 Å². The van der Waals surface area contributed by atoms with Gasteiger partial charge in [-0.1, -0.05) is 18.1 Å². The van der Waals surface area contributed by atoms with E-state index in [1.807, 2.05) is 6.92 Å². The zero-order chi connectivity index (χ0) is 12.0. The Morgan fingerprint density at radius 1 is 1.47 bits per heavy atom. The average molecular weight is 236 g/mol. The Morgan fingerprint density at radius 3 is 3.06 bits per heavy atom. The molecule has 2 fully saturated rings. The van der Waals surface area contributed by atoms with Crippen molar-refractivity contribution in [3.63, 3.8) is 0 Å². The Bertz CT molecular complexity index is 360. The fraction of sp³-hybridized carbons (Fsp3) is 0.786.